The van der Waals surface area contributed by atoms with Crippen LogP contribution in [0.1, 0.15) is 16.2 Å². The molecular weight excluding hydrogens is 253 g/mol. The molecular formula is C10H7F3N2O3. The molecule has 2 heterocycles. The number of ether oxygens (including phenoxy) is 1. The lowest BCUT2D eigenvalue weighted by molar-refractivity contribution is -0.142. The number of hydrogen-bond donors (Lipinski definition) is 1. The average Bonchev–Trinajstić information content (AvgIpc) is 2.68. The summed E-state index contributed by atoms with van der Waals surface area (Å²) in [6.07, 6.45) is -4.70. The van der Waals surface area contributed by atoms with E-state index in [2.05, 4.69) is 9.84 Å². The van der Waals surface area contributed by atoms with Crippen LogP contribution in [0.15, 0.2) is 18.2 Å². The predicted octanol–water partition coefficient (Wildman–Crippen LogP) is 1.85. The zero-order valence-electron chi connectivity index (χ0n) is 9.02. The molecule has 2 aromatic heterocycles. The smallest absolute Gasteiger partial charge is 0.433 e. The van der Waals surface area contributed by atoms with Crippen LogP contribution in [0.3, 0.4) is 0 Å². The van der Waals surface area contributed by atoms with Crippen molar-refractivity contribution in [2.24, 2.45) is 0 Å². The van der Waals surface area contributed by atoms with E-state index in [4.69, 9.17) is 0 Å². The first-order valence-electron chi connectivity index (χ1n) is 4.71. The number of aromatic nitrogens is 2. The molecule has 0 bridgehead atoms. The number of carbonyl (C=O) groups is 1. The number of rotatable bonds is 1. The summed E-state index contributed by atoms with van der Waals surface area (Å²) in [5.41, 5.74) is -1.50. The fourth-order valence-corrected chi connectivity index (χ4v) is 1.49. The second-order valence-electron chi connectivity index (χ2n) is 3.45. The van der Waals surface area contributed by atoms with Crippen LogP contribution in [0.2, 0.25) is 0 Å². The summed E-state index contributed by atoms with van der Waals surface area (Å²) in [4.78, 5) is 11.2. The topological polar surface area (TPSA) is 63.8 Å². The van der Waals surface area contributed by atoms with Gasteiger partial charge in [-0.2, -0.15) is 18.3 Å². The fourth-order valence-electron chi connectivity index (χ4n) is 1.49. The lowest BCUT2D eigenvalue weighted by Gasteiger charge is -2.09. The van der Waals surface area contributed by atoms with Crippen LogP contribution >= 0.6 is 0 Å². The molecule has 5 nitrogen and oxygen atoms in total. The lowest BCUT2D eigenvalue weighted by atomic mass is 10.3. The van der Waals surface area contributed by atoms with Gasteiger partial charge in [-0.3, -0.25) is 0 Å². The van der Waals surface area contributed by atoms with Crippen LogP contribution in [-0.4, -0.2) is 27.8 Å². The summed E-state index contributed by atoms with van der Waals surface area (Å²) in [5, 5.41) is 12.7. The molecule has 0 aromatic carbocycles. The molecule has 2 rings (SSSR count). The Bertz CT molecular complexity index is 619. The molecule has 0 amide bonds. The Balaban J connectivity index is 2.72. The number of alkyl halides is 3. The third-order valence-electron chi connectivity index (χ3n) is 2.23. The van der Waals surface area contributed by atoms with Gasteiger partial charge in [-0.1, -0.05) is 0 Å². The van der Waals surface area contributed by atoms with Crippen molar-refractivity contribution in [2.45, 2.75) is 6.18 Å². The molecule has 96 valence electrons. The van der Waals surface area contributed by atoms with E-state index < -0.39 is 23.6 Å². The molecule has 0 aliphatic rings. The summed E-state index contributed by atoms with van der Waals surface area (Å²) in [6, 6.07) is 2.69. The van der Waals surface area contributed by atoms with Gasteiger partial charge in [-0.25, -0.2) is 9.31 Å². The Morgan fingerprint density at radius 3 is 2.61 bits per heavy atom. The van der Waals surface area contributed by atoms with Crippen molar-refractivity contribution in [3.63, 3.8) is 0 Å². The van der Waals surface area contributed by atoms with Gasteiger partial charge in [0.15, 0.2) is 5.69 Å². The highest BCUT2D eigenvalue weighted by Crippen LogP contribution is 2.32. The van der Waals surface area contributed by atoms with E-state index in [0.717, 1.165) is 19.2 Å². The van der Waals surface area contributed by atoms with Crippen molar-refractivity contribution in [1.29, 1.82) is 0 Å². The number of methoxy groups -OCH3 is 1. The van der Waals surface area contributed by atoms with Gasteiger partial charge >= 0.3 is 12.1 Å². The summed E-state index contributed by atoms with van der Waals surface area (Å²) >= 11 is 0. The molecule has 0 unspecified atom stereocenters. The van der Waals surface area contributed by atoms with E-state index in [9.17, 15) is 23.1 Å². The van der Waals surface area contributed by atoms with E-state index in [0.29, 0.717) is 10.6 Å². The summed E-state index contributed by atoms with van der Waals surface area (Å²) in [5.74, 6) is -1.42. The Morgan fingerprint density at radius 2 is 2.06 bits per heavy atom. The molecule has 0 atom stereocenters. The first-order chi connectivity index (χ1) is 8.32. The zero-order valence-corrected chi connectivity index (χ0v) is 9.02. The molecule has 18 heavy (non-hydrogen) atoms. The van der Waals surface area contributed by atoms with Crippen molar-refractivity contribution in [1.82, 2.24) is 9.61 Å². The number of aromatic hydroxyl groups is 1. The van der Waals surface area contributed by atoms with Crippen LogP contribution in [0, 0.1) is 0 Å². The highest BCUT2D eigenvalue weighted by Gasteiger charge is 2.35. The Labute approximate surface area is 98.4 Å². The van der Waals surface area contributed by atoms with Crippen LogP contribution in [-0.2, 0) is 10.9 Å². The quantitative estimate of drug-likeness (QED) is 0.795. The van der Waals surface area contributed by atoms with E-state index in [1.54, 1.807) is 0 Å². The third kappa shape index (κ3) is 1.96. The summed E-state index contributed by atoms with van der Waals surface area (Å²) in [6.45, 7) is 0. The van der Waals surface area contributed by atoms with E-state index >= 15 is 0 Å². The van der Waals surface area contributed by atoms with Gasteiger partial charge < -0.3 is 9.84 Å². The van der Waals surface area contributed by atoms with Gasteiger partial charge in [0.25, 0.3) is 0 Å². The number of carbonyl (C=O) groups excluding carboxylic acids is 1. The third-order valence-corrected chi connectivity index (χ3v) is 2.23. The van der Waals surface area contributed by atoms with Crippen LogP contribution in [0.5, 0.6) is 5.75 Å². The van der Waals surface area contributed by atoms with Gasteiger partial charge in [0, 0.05) is 12.1 Å². The first-order valence-corrected chi connectivity index (χ1v) is 4.71. The van der Waals surface area contributed by atoms with Crippen LogP contribution in [0.4, 0.5) is 13.2 Å². The maximum absolute atomic E-state index is 12.7. The normalized spacial score (nSPS) is 11.8. The molecule has 0 saturated heterocycles. The Hall–Kier alpha value is -2.25. The molecule has 0 radical (unpaired) electrons. The highest BCUT2D eigenvalue weighted by molar-refractivity contribution is 5.88. The highest BCUT2D eigenvalue weighted by atomic mass is 19.4. The van der Waals surface area contributed by atoms with Gasteiger partial charge in [0.1, 0.15) is 11.4 Å². The average molecular weight is 260 g/mol. The number of esters is 1. The second-order valence-corrected chi connectivity index (χ2v) is 3.45. The zero-order chi connectivity index (χ0) is 13.5. The monoisotopic (exact) mass is 260 g/mol. The molecule has 1 N–H and O–H groups in total. The maximum Gasteiger partial charge on any atom is 0.433 e. The van der Waals surface area contributed by atoms with Crippen molar-refractivity contribution < 1.29 is 27.8 Å². The molecule has 0 aliphatic heterocycles. The minimum Gasteiger partial charge on any atom is -0.508 e. The molecule has 0 spiro atoms. The number of pyridine rings is 1. The molecule has 0 aliphatic carbocycles. The molecule has 0 saturated carbocycles. The van der Waals surface area contributed by atoms with Crippen LogP contribution in [0.25, 0.3) is 5.52 Å². The van der Waals surface area contributed by atoms with Crippen molar-refractivity contribution >= 4 is 11.5 Å². The molecule has 2 aromatic rings. The van der Waals surface area contributed by atoms with Gasteiger partial charge in [-0.15, -0.1) is 0 Å². The largest absolute Gasteiger partial charge is 0.508 e. The minimum absolute atomic E-state index is 0.0530. The number of hydrogen-bond acceptors (Lipinski definition) is 4. The van der Waals surface area contributed by atoms with E-state index in [1.165, 1.54) is 0 Å². The Morgan fingerprint density at radius 1 is 1.39 bits per heavy atom. The Kier molecular flexibility index (Phi) is 2.64. The lowest BCUT2D eigenvalue weighted by Crippen LogP contribution is -2.12. The van der Waals surface area contributed by atoms with Gasteiger partial charge in [0.05, 0.1) is 12.6 Å². The standard InChI is InChI=1S/C10H7F3N2O3/c1-18-9(17)7-3-5-2-6(16)4-8(10(11,12)13)15(5)14-7/h2-4,16H,1H3. The summed E-state index contributed by atoms with van der Waals surface area (Å²) in [7, 11) is 1.09. The van der Waals surface area contributed by atoms with Crippen molar-refractivity contribution in [3.8, 4) is 5.75 Å². The van der Waals surface area contributed by atoms with Crippen molar-refractivity contribution in [3.05, 3.63) is 29.6 Å². The molecule has 8 heteroatoms. The molecule has 0 fully saturated rings. The summed E-state index contributed by atoms with van der Waals surface area (Å²) < 4.78 is 43.0. The van der Waals surface area contributed by atoms with E-state index in [-0.39, 0.29) is 11.2 Å². The van der Waals surface area contributed by atoms with Gasteiger partial charge in [0.2, 0.25) is 0 Å². The fraction of sp³-hybridized carbons (Fsp3) is 0.200. The number of fused-ring (bicyclic) bond motifs is 1. The van der Waals surface area contributed by atoms with Gasteiger partial charge in [-0.05, 0) is 6.07 Å². The predicted molar refractivity (Wildman–Crippen MR) is 53.2 cm³/mol. The first kappa shape index (κ1) is 12.2. The maximum atomic E-state index is 12.7. The van der Waals surface area contributed by atoms with Crippen LogP contribution < -0.4 is 0 Å². The SMILES string of the molecule is COC(=O)c1cc2cc(O)cc(C(F)(F)F)n2n1. The number of halogens is 3. The van der Waals surface area contributed by atoms with Crippen molar-refractivity contribution in [2.75, 3.05) is 7.11 Å². The second kappa shape index (κ2) is 3.90. The number of nitrogens with zero attached hydrogens (tertiary/aromatic N) is 2. The minimum atomic E-state index is -4.70. The van der Waals surface area contributed by atoms with E-state index in [1.807, 2.05) is 0 Å².